The van der Waals surface area contributed by atoms with E-state index in [2.05, 4.69) is 58.7 Å². The lowest BCUT2D eigenvalue weighted by molar-refractivity contribution is 0.558. The van der Waals surface area contributed by atoms with Crippen molar-refractivity contribution in [1.82, 2.24) is 10.2 Å². The normalized spacial score (nSPS) is 11.1. The average molecular weight is 352 g/mol. The second-order valence-corrected chi connectivity index (χ2v) is 7.16. The van der Waals surface area contributed by atoms with Crippen molar-refractivity contribution < 1.29 is 4.42 Å². The molecule has 3 nitrogen and oxygen atoms in total. The molecule has 0 saturated heterocycles. The van der Waals surface area contributed by atoms with Crippen LogP contribution >= 0.6 is 0 Å². The highest BCUT2D eigenvalue weighted by molar-refractivity contribution is 6.67. The summed E-state index contributed by atoms with van der Waals surface area (Å²) in [6.45, 7) is 0. The van der Waals surface area contributed by atoms with Crippen LogP contribution in [0.2, 0.25) is 0 Å². The van der Waals surface area contributed by atoms with Crippen molar-refractivity contribution in [2.75, 3.05) is 0 Å². The van der Waals surface area contributed by atoms with E-state index in [-0.39, 0.29) is 0 Å². The van der Waals surface area contributed by atoms with Gasteiger partial charge >= 0.3 is 0 Å². The molecule has 0 aliphatic heterocycles. The number of rotatable bonds is 5. The van der Waals surface area contributed by atoms with Crippen LogP contribution in [0, 0.1) is 0 Å². The molecule has 1 heterocycles. The van der Waals surface area contributed by atoms with Gasteiger partial charge in [-0.2, -0.15) is 0 Å². The highest BCUT2D eigenvalue weighted by atomic mass is 28.2. The molecule has 0 amide bonds. The minimum Gasteiger partial charge on any atom is -0.417 e. The summed E-state index contributed by atoms with van der Waals surface area (Å²) >= 11 is 0. The summed E-state index contributed by atoms with van der Waals surface area (Å²) < 4.78 is 5.69. The average Bonchev–Trinajstić information content (AvgIpc) is 3.18. The Morgan fingerprint density at radius 1 is 0.654 bits per heavy atom. The minimum atomic E-state index is 0.499. The van der Waals surface area contributed by atoms with E-state index in [9.17, 15) is 0 Å². The van der Waals surface area contributed by atoms with Gasteiger partial charge in [-0.15, -0.1) is 10.2 Å². The quantitative estimate of drug-likeness (QED) is 0.516. The number of hydrogen-bond donors (Lipinski definition) is 0. The zero-order valence-corrected chi connectivity index (χ0v) is 15.0. The zero-order valence-electron chi connectivity index (χ0n) is 14.0. The predicted octanol–water partition coefficient (Wildman–Crippen LogP) is 3.56. The zero-order chi connectivity index (χ0) is 17.6. The van der Waals surface area contributed by atoms with Gasteiger partial charge < -0.3 is 4.42 Å². The van der Waals surface area contributed by atoms with Gasteiger partial charge in [-0.05, 0) is 23.8 Å². The molecule has 26 heavy (non-hydrogen) atoms. The SMILES string of the molecule is C(=C\c1nnc(-c2ccccc2)o1)/c1ccc([Si]c2ccccc2)cc1. The van der Waals surface area contributed by atoms with Crippen LogP contribution < -0.4 is 10.4 Å². The second-order valence-electron chi connectivity index (χ2n) is 5.76. The van der Waals surface area contributed by atoms with Crippen LogP contribution in [-0.2, 0) is 0 Å². The maximum absolute atomic E-state index is 5.69. The molecule has 0 unspecified atom stereocenters. The molecule has 2 radical (unpaired) electrons. The van der Waals surface area contributed by atoms with E-state index in [1.165, 1.54) is 10.4 Å². The first-order chi connectivity index (χ1) is 12.9. The first-order valence-electron chi connectivity index (χ1n) is 8.36. The fourth-order valence-corrected chi connectivity index (χ4v) is 3.56. The minimum absolute atomic E-state index is 0.499. The Kier molecular flexibility index (Phi) is 4.85. The Hall–Kier alpha value is -3.24. The lowest BCUT2D eigenvalue weighted by atomic mass is 10.2. The van der Waals surface area contributed by atoms with Gasteiger partial charge in [0.2, 0.25) is 11.8 Å². The number of aromatic nitrogens is 2. The maximum atomic E-state index is 5.69. The molecule has 4 rings (SSSR count). The molecule has 0 aliphatic carbocycles. The van der Waals surface area contributed by atoms with Crippen LogP contribution in [0.15, 0.2) is 89.3 Å². The van der Waals surface area contributed by atoms with Crippen molar-refractivity contribution in [3.05, 3.63) is 96.4 Å². The first kappa shape index (κ1) is 16.2. The van der Waals surface area contributed by atoms with Crippen molar-refractivity contribution in [2.24, 2.45) is 0 Å². The predicted molar refractivity (Wildman–Crippen MR) is 107 cm³/mol. The van der Waals surface area contributed by atoms with Crippen LogP contribution in [0.3, 0.4) is 0 Å². The van der Waals surface area contributed by atoms with Gasteiger partial charge in [-0.3, -0.25) is 0 Å². The molecule has 0 saturated carbocycles. The summed E-state index contributed by atoms with van der Waals surface area (Å²) in [6.07, 6.45) is 3.83. The van der Waals surface area contributed by atoms with Crippen molar-refractivity contribution in [2.45, 2.75) is 0 Å². The second kappa shape index (κ2) is 7.76. The van der Waals surface area contributed by atoms with E-state index in [4.69, 9.17) is 4.42 Å². The van der Waals surface area contributed by atoms with Crippen molar-refractivity contribution >= 4 is 32.0 Å². The molecular formula is C22H16N2OSi. The summed E-state index contributed by atoms with van der Waals surface area (Å²) in [7, 11) is 0.670. The van der Waals surface area contributed by atoms with E-state index in [1.807, 2.05) is 48.6 Å². The van der Waals surface area contributed by atoms with Gasteiger partial charge in [0.25, 0.3) is 0 Å². The fourth-order valence-electron chi connectivity index (χ4n) is 2.53. The molecular weight excluding hydrogens is 336 g/mol. The van der Waals surface area contributed by atoms with Gasteiger partial charge in [-0.1, -0.05) is 83.2 Å². The summed E-state index contributed by atoms with van der Waals surface area (Å²) in [5.74, 6) is 1.03. The van der Waals surface area contributed by atoms with Gasteiger partial charge in [0.15, 0.2) is 0 Å². The lowest BCUT2D eigenvalue weighted by Crippen LogP contribution is -2.26. The molecule has 124 valence electrons. The molecule has 4 aromatic rings. The summed E-state index contributed by atoms with van der Waals surface area (Å²) in [5, 5.41) is 10.8. The summed E-state index contributed by atoms with van der Waals surface area (Å²) in [4.78, 5) is 0. The standard InChI is InChI=1S/C22H16N2OSi/c1-3-7-18(8-4-1)22-24-23-21(25-22)16-13-17-11-14-20(15-12-17)26-19-9-5-2-6-10-19/h1-16H/b16-13+. The molecule has 0 aliphatic rings. The van der Waals surface area contributed by atoms with Crippen LogP contribution in [0.5, 0.6) is 0 Å². The van der Waals surface area contributed by atoms with Gasteiger partial charge in [0.05, 0.1) is 0 Å². The number of benzene rings is 3. The van der Waals surface area contributed by atoms with E-state index in [0.717, 1.165) is 11.1 Å². The maximum Gasteiger partial charge on any atom is 0.248 e. The van der Waals surface area contributed by atoms with Gasteiger partial charge in [0.1, 0.15) is 9.52 Å². The first-order valence-corrected chi connectivity index (χ1v) is 9.36. The van der Waals surface area contributed by atoms with Crippen molar-refractivity contribution in [1.29, 1.82) is 0 Å². The van der Waals surface area contributed by atoms with Crippen LogP contribution in [-0.4, -0.2) is 19.7 Å². The van der Waals surface area contributed by atoms with E-state index in [0.29, 0.717) is 21.3 Å². The monoisotopic (exact) mass is 352 g/mol. The molecule has 3 aromatic carbocycles. The Morgan fingerprint density at radius 2 is 1.31 bits per heavy atom. The molecule has 0 atom stereocenters. The van der Waals surface area contributed by atoms with Crippen molar-refractivity contribution in [3.63, 3.8) is 0 Å². The molecule has 0 fully saturated rings. The Labute approximate surface area is 154 Å². The van der Waals surface area contributed by atoms with Crippen LogP contribution in [0.4, 0.5) is 0 Å². The van der Waals surface area contributed by atoms with Crippen LogP contribution in [0.25, 0.3) is 23.6 Å². The third-order valence-electron chi connectivity index (χ3n) is 3.85. The van der Waals surface area contributed by atoms with E-state index in [1.54, 1.807) is 0 Å². The highest BCUT2D eigenvalue weighted by Gasteiger charge is 2.05. The van der Waals surface area contributed by atoms with Gasteiger partial charge in [-0.25, -0.2) is 0 Å². The Morgan fingerprint density at radius 3 is 2.04 bits per heavy atom. The number of hydrogen-bond acceptors (Lipinski definition) is 3. The topological polar surface area (TPSA) is 38.9 Å². The fraction of sp³-hybridized carbons (Fsp3) is 0. The third-order valence-corrected chi connectivity index (χ3v) is 5.10. The van der Waals surface area contributed by atoms with E-state index < -0.39 is 0 Å². The summed E-state index contributed by atoms with van der Waals surface area (Å²) in [6, 6.07) is 28.8. The molecule has 4 heteroatoms. The third kappa shape index (κ3) is 4.04. The Bertz CT molecular complexity index is 993. The number of nitrogens with zero attached hydrogens (tertiary/aromatic N) is 2. The summed E-state index contributed by atoms with van der Waals surface area (Å²) in [5.41, 5.74) is 2.02. The van der Waals surface area contributed by atoms with Crippen LogP contribution in [0.1, 0.15) is 11.5 Å². The molecule has 1 aromatic heterocycles. The molecule has 0 spiro atoms. The smallest absolute Gasteiger partial charge is 0.248 e. The Balaban J connectivity index is 1.43. The highest BCUT2D eigenvalue weighted by Crippen LogP contribution is 2.17. The van der Waals surface area contributed by atoms with Gasteiger partial charge in [0, 0.05) is 11.6 Å². The molecule has 0 N–H and O–H groups in total. The lowest BCUT2D eigenvalue weighted by Gasteiger charge is -2.01. The largest absolute Gasteiger partial charge is 0.417 e. The molecule has 0 bridgehead atoms. The van der Waals surface area contributed by atoms with E-state index >= 15 is 0 Å². The van der Waals surface area contributed by atoms with Crippen molar-refractivity contribution in [3.8, 4) is 11.5 Å².